The van der Waals surface area contributed by atoms with Gasteiger partial charge in [-0.25, -0.2) is 0 Å². The van der Waals surface area contributed by atoms with Crippen molar-refractivity contribution in [2.75, 3.05) is 6.54 Å². The Balaban J connectivity index is 1.59. The standard InChI is InChI=1S/C22H26N2O/c1-16-5-3-6-17(11-16)13-22(2)9-4-10-24(22)21(25)18-7-8-19-14-23-15-20(19)12-18/h3,5-8,11-12,23H,4,9-10,13-15H2,1-2H3. The monoisotopic (exact) mass is 334 g/mol. The van der Waals surface area contributed by atoms with Crippen molar-refractivity contribution in [2.45, 2.75) is 51.7 Å². The number of amides is 1. The number of hydrogen-bond donors (Lipinski definition) is 1. The number of nitrogens with one attached hydrogen (secondary N) is 1. The van der Waals surface area contributed by atoms with E-state index in [2.05, 4.69) is 60.5 Å². The molecule has 0 aromatic heterocycles. The van der Waals surface area contributed by atoms with Crippen molar-refractivity contribution in [1.29, 1.82) is 0 Å². The molecule has 0 spiro atoms. The Morgan fingerprint density at radius 2 is 2.00 bits per heavy atom. The van der Waals surface area contributed by atoms with E-state index < -0.39 is 0 Å². The highest BCUT2D eigenvalue weighted by Gasteiger charge is 2.40. The van der Waals surface area contributed by atoms with Gasteiger partial charge in [0.1, 0.15) is 0 Å². The van der Waals surface area contributed by atoms with E-state index in [1.54, 1.807) is 0 Å². The van der Waals surface area contributed by atoms with Gasteiger partial charge in [-0.2, -0.15) is 0 Å². The molecule has 1 fully saturated rings. The molecule has 0 radical (unpaired) electrons. The highest BCUT2D eigenvalue weighted by atomic mass is 16.2. The van der Waals surface area contributed by atoms with E-state index in [1.807, 2.05) is 6.07 Å². The molecule has 1 atom stereocenters. The smallest absolute Gasteiger partial charge is 0.254 e. The first-order chi connectivity index (χ1) is 12.0. The van der Waals surface area contributed by atoms with Gasteiger partial charge in [0.05, 0.1) is 0 Å². The Kier molecular flexibility index (Phi) is 4.12. The molecule has 4 rings (SSSR count). The fourth-order valence-electron chi connectivity index (χ4n) is 4.40. The second kappa shape index (κ2) is 6.30. The van der Waals surface area contributed by atoms with Gasteiger partial charge in [-0.1, -0.05) is 35.9 Å². The van der Waals surface area contributed by atoms with Crippen molar-refractivity contribution in [3.8, 4) is 0 Å². The second-order valence-electron chi connectivity index (χ2n) is 7.81. The van der Waals surface area contributed by atoms with Gasteiger partial charge < -0.3 is 10.2 Å². The summed E-state index contributed by atoms with van der Waals surface area (Å²) in [7, 11) is 0. The number of likely N-dealkylation sites (tertiary alicyclic amines) is 1. The molecule has 1 N–H and O–H groups in total. The summed E-state index contributed by atoms with van der Waals surface area (Å²) in [5.41, 5.74) is 5.93. The number of benzene rings is 2. The lowest BCUT2D eigenvalue weighted by Crippen LogP contribution is -2.46. The van der Waals surface area contributed by atoms with Gasteiger partial charge in [-0.3, -0.25) is 4.79 Å². The maximum Gasteiger partial charge on any atom is 0.254 e. The zero-order valence-electron chi connectivity index (χ0n) is 15.1. The van der Waals surface area contributed by atoms with Crippen LogP contribution in [0.15, 0.2) is 42.5 Å². The van der Waals surface area contributed by atoms with Crippen molar-refractivity contribution in [2.24, 2.45) is 0 Å². The van der Waals surface area contributed by atoms with E-state index in [0.717, 1.165) is 44.5 Å². The number of carbonyl (C=O) groups excluding carboxylic acids is 1. The van der Waals surface area contributed by atoms with Crippen molar-refractivity contribution < 1.29 is 4.79 Å². The molecule has 3 nitrogen and oxygen atoms in total. The zero-order chi connectivity index (χ0) is 17.4. The van der Waals surface area contributed by atoms with Crippen LogP contribution in [0, 0.1) is 6.92 Å². The molecule has 2 heterocycles. The molecule has 1 amide bonds. The van der Waals surface area contributed by atoms with Gasteiger partial charge in [0.25, 0.3) is 5.91 Å². The summed E-state index contributed by atoms with van der Waals surface area (Å²) in [4.78, 5) is 15.3. The SMILES string of the molecule is Cc1cccc(CC2(C)CCCN2C(=O)c2ccc3c(c2)CNC3)c1. The first-order valence-corrected chi connectivity index (χ1v) is 9.25. The Labute approximate surface area is 150 Å². The van der Waals surface area contributed by atoms with E-state index in [-0.39, 0.29) is 11.4 Å². The molecule has 0 saturated carbocycles. The van der Waals surface area contributed by atoms with Crippen LogP contribution in [0.25, 0.3) is 0 Å². The van der Waals surface area contributed by atoms with E-state index in [9.17, 15) is 4.79 Å². The van der Waals surface area contributed by atoms with Crippen LogP contribution in [0.3, 0.4) is 0 Å². The van der Waals surface area contributed by atoms with E-state index in [1.165, 1.54) is 22.3 Å². The molecule has 1 saturated heterocycles. The molecule has 130 valence electrons. The summed E-state index contributed by atoms with van der Waals surface area (Å²) in [6, 6.07) is 14.9. The molecule has 2 aromatic carbocycles. The summed E-state index contributed by atoms with van der Waals surface area (Å²) in [5.74, 6) is 0.183. The Hall–Kier alpha value is -2.13. The summed E-state index contributed by atoms with van der Waals surface area (Å²) < 4.78 is 0. The van der Waals surface area contributed by atoms with Gasteiger partial charge in [0.2, 0.25) is 0 Å². The van der Waals surface area contributed by atoms with E-state index >= 15 is 0 Å². The highest BCUT2D eigenvalue weighted by molar-refractivity contribution is 5.95. The highest BCUT2D eigenvalue weighted by Crippen LogP contribution is 2.34. The summed E-state index contributed by atoms with van der Waals surface area (Å²) >= 11 is 0. The second-order valence-corrected chi connectivity index (χ2v) is 7.81. The maximum absolute atomic E-state index is 13.2. The van der Waals surface area contributed by atoms with Crippen molar-refractivity contribution in [3.63, 3.8) is 0 Å². The Morgan fingerprint density at radius 1 is 1.16 bits per heavy atom. The van der Waals surface area contributed by atoms with Gasteiger partial charge in [0.15, 0.2) is 0 Å². The fraction of sp³-hybridized carbons (Fsp3) is 0.409. The van der Waals surface area contributed by atoms with Crippen LogP contribution in [0.4, 0.5) is 0 Å². The average Bonchev–Trinajstić information content (AvgIpc) is 3.19. The summed E-state index contributed by atoms with van der Waals surface area (Å²) in [6.07, 6.45) is 3.08. The minimum Gasteiger partial charge on any atom is -0.333 e. The molecule has 0 bridgehead atoms. The molecule has 2 aliphatic rings. The van der Waals surface area contributed by atoms with Gasteiger partial charge >= 0.3 is 0 Å². The zero-order valence-corrected chi connectivity index (χ0v) is 15.1. The summed E-state index contributed by atoms with van der Waals surface area (Å²) in [5, 5.41) is 3.35. The third kappa shape index (κ3) is 3.09. The fourth-order valence-corrected chi connectivity index (χ4v) is 4.40. The number of hydrogen-bond acceptors (Lipinski definition) is 2. The van der Waals surface area contributed by atoms with Gasteiger partial charge in [-0.05, 0) is 61.9 Å². The predicted molar refractivity (Wildman–Crippen MR) is 101 cm³/mol. The first-order valence-electron chi connectivity index (χ1n) is 9.25. The first kappa shape index (κ1) is 16.3. The maximum atomic E-state index is 13.2. The normalized spacial score (nSPS) is 22.2. The van der Waals surface area contributed by atoms with E-state index in [0.29, 0.717) is 0 Å². The van der Waals surface area contributed by atoms with Crippen molar-refractivity contribution in [3.05, 3.63) is 70.3 Å². The Morgan fingerprint density at radius 3 is 2.84 bits per heavy atom. The Bertz CT molecular complexity index is 813. The number of carbonyl (C=O) groups is 1. The molecular formula is C22H26N2O. The lowest BCUT2D eigenvalue weighted by atomic mass is 9.89. The lowest BCUT2D eigenvalue weighted by Gasteiger charge is -2.36. The minimum absolute atomic E-state index is 0.0951. The average molecular weight is 334 g/mol. The van der Waals surface area contributed by atoms with Crippen LogP contribution in [0.2, 0.25) is 0 Å². The van der Waals surface area contributed by atoms with Crippen LogP contribution in [0.5, 0.6) is 0 Å². The third-order valence-corrected chi connectivity index (χ3v) is 5.75. The van der Waals surface area contributed by atoms with E-state index in [4.69, 9.17) is 0 Å². The molecule has 2 aromatic rings. The van der Waals surface area contributed by atoms with Crippen molar-refractivity contribution in [1.82, 2.24) is 10.2 Å². The lowest BCUT2D eigenvalue weighted by molar-refractivity contribution is 0.0624. The topological polar surface area (TPSA) is 32.3 Å². The largest absolute Gasteiger partial charge is 0.333 e. The summed E-state index contributed by atoms with van der Waals surface area (Å²) in [6.45, 7) is 7.02. The quantitative estimate of drug-likeness (QED) is 0.925. The molecule has 0 aliphatic carbocycles. The molecular weight excluding hydrogens is 308 g/mol. The molecule has 2 aliphatic heterocycles. The number of fused-ring (bicyclic) bond motifs is 1. The van der Waals surface area contributed by atoms with Gasteiger partial charge in [0, 0.05) is 30.7 Å². The van der Waals surface area contributed by atoms with Crippen LogP contribution in [0.1, 0.15) is 52.4 Å². The number of aryl methyl sites for hydroxylation is 1. The van der Waals surface area contributed by atoms with Crippen LogP contribution in [-0.4, -0.2) is 22.9 Å². The molecule has 3 heteroatoms. The van der Waals surface area contributed by atoms with Crippen LogP contribution in [-0.2, 0) is 19.5 Å². The number of nitrogens with zero attached hydrogens (tertiary/aromatic N) is 1. The van der Waals surface area contributed by atoms with Crippen molar-refractivity contribution >= 4 is 5.91 Å². The number of rotatable bonds is 3. The minimum atomic E-state index is -0.0951. The predicted octanol–water partition coefficient (Wildman–Crippen LogP) is 3.84. The molecule has 25 heavy (non-hydrogen) atoms. The van der Waals surface area contributed by atoms with Crippen LogP contribution < -0.4 is 5.32 Å². The van der Waals surface area contributed by atoms with Crippen LogP contribution >= 0.6 is 0 Å². The molecule has 1 unspecified atom stereocenters. The van der Waals surface area contributed by atoms with Gasteiger partial charge in [-0.15, -0.1) is 0 Å². The third-order valence-electron chi connectivity index (χ3n) is 5.75.